The van der Waals surface area contributed by atoms with E-state index in [9.17, 15) is 9.59 Å². The molecular weight excluding hydrogens is 318 g/mol. The van der Waals surface area contributed by atoms with Crippen molar-refractivity contribution in [3.63, 3.8) is 0 Å². The van der Waals surface area contributed by atoms with Crippen molar-refractivity contribution in [3.05, 3.63) is 29.8 Å². The fourth-order valence-electron chi connectivity index (χ4n) is 2.51. The van der Waals surface area contributed by atoms with Crippen LogP contribution in [-0.4, -0.2) is 43.0 Å². The van der Waals surface area contributed by atoms with Gasteiger partial charge in [0.2, 0.25) is 11.8 Å². The molecule has 1 atom stereocenters. The van der Waals surface area contributed by atoms with Crippen LogP contribution in [0.15, 0.2) is 24.3 Å². The molecule has 0 saturated carbocycles. The van der Waals surface area contributed by atoms with Gasteiger partial charge in [-0.2, -0.15) is 0 Å². The van der Waals surface area contributed by atoms with Gasteiger partial charge in [-0.15, -0.1) is 12.4 Å². The largest absolute Gasteiger partial charge is 0.497 e. The lowest BCUT2D eigenvalue weighted by atomic mass is 10.2. The highest BCUT2D eigenvalue weighted by molar-refractivity contribution is 5.89. The summed E-state index contributed by atoms with van der Waals surface area (Å²) in [5, 5.41) is 2.79. The van der Waals surface area contributed by atoms with Gasteiger partial charge in [-0.1, -0.05) is 12.1 Å². The molecule has 0 aliphatic carbocycles. The van der Waals surface area contributed by atoms with Crippen LogP contribution in [0.3, 0.4) is 0 Å². The van der Waals surface area contributed by atoms with Gasteiger partial charge in [-0.3, -0.25) is 9.59 Å². The normalized spacial score (nSPS) is 16.9. The molecule has 2 rings (SSSR count). The van der Waals surface area contributed by atoms with Crippen LogP contribution >= 0.6 is 12.4 Å². The second kappa shape index (κ2) is 9.37. The third-order valence-corrected chi connectivity index (χ3v) is 3.77. The first kappa shape index (κ1) is 19.3. The molecule has 1 unspecified atom stereocenters. The zero-order valence-electron chi connectivity index (χ0n) is 13.3. The molecule has 0 radical (unpaired) electrons. The predicted octanol–water partition coefficient (Wildman–Crippen LogP) is 1.07. The molecule has 1 aliphatic heterocycles. The third-order valence-electron chi connectivity index (χ3n) is 3.77. The van der Waals surface area contributed by atoms with Crippen molar-refractivity contribution in [1.29, 1.82) is 0 Å². The molecular formula is C16H24ClN3O3. The van der Waals surface area contributed by atoms with Crippen molar-refractivity contribution in [1.82, 2.24) is 10.2 Å². The fourth-order valence-corrected chi connectivity index (χ4v) is 2.51. The average Bonchev–Trinajstić information content (AvgIpc) is 2.87. The monoisotopic (exact) mass is 341 g/mol. The predicted molar refractivity (Wildman–Crippen MR) is 90.5 cm³/mol. The van der Waals surface area contributed by atoms with Gasteiger partial charge in [-0.25, -0.2) is 0 Å². The number of nitrogens with one attached hydrogen (secondary N) is 1. The van der Waals surface area contributed by atoms with Gasteiger partial charge in [0.25, 0.3) is 0 Å². The minimum atomic E-state index is -0.400. The highest BCUT2D eigenvalue weighted by Crippen LogP contribution is 2.17. The van der Waals surface area contributed by atoms with E-state index in [1.807, 2.05) is 24.3 Å². The summed E-state index contributed by atoms with van der Waals surface area (Å²) in [6, 6.07) is 7.24. The lowest BCUT2D eigenvalue weighted by Gasteiger charge is -2.17. The first-order valence-corrected chi connectivity index (χ1v) is 7.55. The number of methoxy groups -OCH3 is 1. The molecule has 1 heterocycles. The SMILES string of the molecule is COc1ccc(CN2CCC(NC(=O)CCCN)C2=O)cc1.Cl. The average molecular weight is 342 g/mol. The molecule has 0 spiro atoms. The summed E-state index contributed by atoms with van der Waals surface area (Å²) in [4.78, 5) is 25.8. The van der Waals surface area contributed by atoms with Gasteiger partial charge < -0.3 is 20.7 Å². The summed E-state index contributed by atoms with van der Waals surface area (Å²) in [6.07, 6.45) is 1.67. The Morgan fingerprint density at radius 2 is 2.09 bits per heavy atom. The van der Waals surface area contributed by atoms with E-state index in [0.29, 0.717) is 38.9 Å². The van der Waals surface area contributed by atoms with Crippen molar-refractivity contribution in [2.24, 2.45) is 5.73 Å². The number of halogens is 1. The fraction of sp³-hybridized carbons (Fsp3) is 0.500. The molecule has 0 bridgehead atoms. The number of ether oxygens (including phenoxy) is 1. The number of nitrogens with zero attached hydrogens (tertiary/aromatic N) is 1. The Kier molecular flexibility index (Phi) is 7.85. The van der Waals surface area contributed by atoms with Crippen molar-refractivity contribution in [2.75, 3.05) is 20.2 Å². The number of carbonyl (C=O) groups excluding carboxylic acids is 2. The van der Waals surface area contributed by atoms with Crippen LogP contribution in [0.2, 0.25) is 0 Å². The summed E-state index contributed by atoms with van der Waals surface area (Å²) < 4.78 is 5.12. The number of carbonyl (C=O) groups is 2. The van der Waals surface area contributed by atoms with E-state index >= 15 is 0 Å². The van der Waals surface area contributed by atoms with Crippen LogP contribution < -0.4 is 15.8 Å². The second-order valence-electron chi connectivity index (χ2n) is 5.41. The number of hydrogen-bond acceptors (Lipinski definition) is 4. The number of hydrogen-bond donors (Lipinski definition) is 2. The van der Waals surface area contributed by atoms with E-state index in [1.165, 1.54) is 0 Å². The Morgan fingerprint density at radius 3 is 2.70 bits per heavy atom. The van der Waals surface area contributed by atoms with E-state index in [4.69, 9.17) is 10.5 Å². The Hall–Kier alpha value is -1.79. The summed E-state index contributed by atoms with van der Waals surface area (Å²) >= 11 is 0. The van der Waals surface area contributed by atoms with Crippen LogP contribution in [0.5, 0.6) is 5.75 Å². The summed E-state index contributed by atoms with van der Waals surface area (Å²) in [6.45, 7) is 1.69. The molecule has 3 N–H and O–H groups in total. The Morgan fingerprint density at radius 1 is 1.39 bits per heavy atom. The van der Waals surface area contributed by atoms with E-state index < -0.39 is 6.04 Å². The number of benzene rings is 1. The number of likely N-dealkylation sites (tertiary alicyclic amines) is 1. The molecule has 1 aromatic carbocycles. The van der Waals surface area contributed by atoms with E-state index in [-0.39, 0.29) is 24.2 Å². The maximum atomic E-state index is 12.3. The zero-order chi connectivity index (χ0) is 15.9. The van der Waals surface area contributed by atoms with Crippen LogP contribution in [-0.2, 0) is 16.1 Å². The molecule has 23 heavy (non-hydrogen) atoms. The third kappa shape index (κ3) is 5.41. The molecule has 128 valence electrons. The summed E-state index contributed by atoms with van der Waals surface area (Å²) in [7, 11) is 1.62. The van der Waals surface area contributed by atoms with Crippen molar-refractivity contribution < 1.29 is 14.3 Å². The first-order valence-electron chi connectivity index (χ1n) is 7.55. The van der Waals surface area contributed by atoms with Crippen molar-refractivity contribution in [2.45, 2.75) is 31.8 Å². The van der Waals surface area contributed by atoms with Crippen LogP contribution in [0, 0.1) is 0 Å². The van der Waals surface area contributed by atoms with Crippen LogP contribution in [0.1, 0.15) is 24.8 Å². The maximum Gasteiger partial charge on any atom is 0.245 e. The standard InChI is InChI=1S/C16H23N3O3.ClH/c1-22-13-6-4-12(5-7-13)11-19-10-8-14(16(19)21)18-15(20)3-2-9-17;/h4-7,14H,2-3,8-11,17H2,1H3,(H,18,20);1H. The number of rotatable bonds is 7. The molecule has 0 aromatic heterocycles. The molecule has 2 amide bonds. The smallest absolute Gasteiger partial charge is 0.245 e. The number of amides is 2. The quantitative estimate of drug-likeness (QED) is 0.777. The highest BCUT2D eigenvalue weighted by Gasteiger charge is 2.32. The van der Waals surface area contributed by atoms with E-state index in [1.54, 1.807) is 12.0 Å². The first-order chi connectivity index (χ1) is 10.6. The zero-order valence-corrected chi connectivity index (χ0v) is 14.1. The lowest BCUT2D eigenvalue weighted by molar-refractivity contribution is -0.133. The van der Waals surface area contributed by atoms with Gasteiger partial charge in [-0.05, 0) is 37.1 Å². The Balaban J connectivity index is 0.00000264. The van der Waals surface area contributed by atoms with Crippen molar-refractivity contribution in [3.8, 4) is 5.75 Å². The van der Waals surface area contributed by atoms with Gasteiger partial charge in [0, 0.05) is 19.5 Å². The maximum absolute atomic E-state index is 12.3. The van der Waals surface area contributed by atoms with E-state index in [0.717, 1.165) is 11.3 Å². The Bertz CT molecular complexity index is 522. The van der Waals surface area contributed by atoms with Gasteiger partial charge in [0.15, 0.2) is 0 Å². The van der Waals surface area contributed by atoms with Gasteiger partial charge in [0.1, 0.15) is 11.8 Å². The number of nitrogens with two attached hydrogens (primary N) is 1. The lowest BCUT2D eigenvalue weighted by Crippen LogP contribution is -2.41. The minimum absolute atomic E-state index is 0. The van der Waals surface area contributed by atoms with Crippen LogP contribution in [0.25, 0.3) is 0 Å². The van der Waals surface area contributed by atoms with Gasteiger partial charge in [0.05, 0.1) is 7.11 Å². The van der Waals surface area contributed by atoms with Gasteiger partial charge >= 0.3 is 0 Å². The molecule has 1 aromatic rings. The molecule has 1 aliphatic rings. The molecule has 1 saturated heterocycles. The second-order valence-corrected chi connectivity index (χ2v) is 5.41. The molecule has 6 nitrogen and oxygen atoms in total. The molecule has 7 heteroatoms. The topological polar surface area (TPSA) is 84.7 Å². The van der Waals surface area contributed by atoms with Crippen molar-refractivity contribution >= 4 is 24.2 Å². The summed E-state index contributed by atoms with van der Waals surface area (Å²) in [5.41, 5.74) is 6.42. The molecule has 1 fully saturated rings. The highest BCUT2D eigenvalue weighted by atomic mass is 35.5. The van der Waals surface area contributed by atoms with E-state index in [2.05, 4.69) is 5.32 Å². The summed E-state index contributed by atoms with van der Waals surface area (Å²) in [5.74, 6) is 0.675. The van der Waals surface area contributed by atoms with Crippen LogP contribution in [0.4, 0.5) is 0 Å². The Labute approximate surface area is 142 Å². The minimum Gasteiger partial charge on any atom is -0.497 e.